The summed E-state index contributed by atoms with van der Waals surface area (Å²) >= 11 is 0. The van der Waals surface area contributed by atoms with Gasteiger partial charge in [0.05, 0.1) is 12.3 Å². The molecule has 96 valence electrons. The molecule has 1 N–H and O–H groups in total. The van der Waals surface area contributed by atoms with Gasteiger partial charge in [-0.2, -0.15) is 5.10 Å². The molecule has 1 aromatic heterocycles. The van der Waals surface area contributed by atoms with E-state index in [0.717, 1.165) is 32.0 Å². The highest BCUT2D eigenvalue weighted by Gasteiger charge is 2.14. The fraction of sp³-hybridized carbons (Fsp3) is 0.769. The Morgan fingerprint density at radius 2 is 2.29 bits per heavy atom. The minimum absolute atomic E-state index is 0.682. The number of aromatic nitrogens is 2. The van der Waals surface area contributed by atoms with Crippen molar-refractivity contribution in [2.24, 2.45) is 13.0 Å². The largest absolute Gasteiger partial charge is 0.381 e. The van der Waals surface area contributed by atoms with Gasteiger partial charge in [0.15, 0.2) is 0 Å². The van der Waals surface area contributed by atoms with E-state index in [1.165, 1.54) is 24.1 Å². The molecule has 4 nitrogen and oxygen atoms in total. The van der Waals surface area contributed by atoms with Crippen LogP contribution in [0.25, 0.3) is 0 Å². The molecule has 0 spiro atoms. The van der Waals surface area contributed by atoms with E-state index in [-0.39, 0.29) is 0 Å². The van der Waals surface area contributed by atoms with Gasteiger partial charge in [0.25, 0.3) is 0 Å². The quantitative estimate of drug-likeness (QED) is 0.863. The summed E-state index contributed by atoms with van der Waals surface area (Å²) in [5.41, 5.74) is 3.73. The van der Waals surface area contributed by atoms with Crippen LogP contribution < -0.4 is 5.32 Å². The second-order valence-corrected chi connectivity index (χ2v) is 4.99. The van der Waals surface area contributed by atoms with Gasteiger partial charge in [0, 0.05) is 38.0 Å². The summed E-state index contributed by atoms with van der Waals surface area (Å²) in [6, 6.07) is 0. The molecule has 1 aliphatic heterocycles. The number of nitrogens with one attached hydrogen (secondary N) is 1. The standard InChI is InChI=1S/C13H23N3O/c1-10-13(11(2)16(3)15-10)8-14-7-12-5-4-6-17-9-12/h12,14H,4-9H2,1-3H3/t12-/m0/s1. The molecule has 2 rings (SSSR count). The molecule has 0 aromatic carbocycles. The summed E-state index contributed by atoms with van der Waals surface area (Å²) in [5.74, 6) is 0.682. The van der Waals surface area contributed by atoms with Gasteiger partial charge in [-0.15, -0.1) is 0 Å². The molecule has 0 unspecified atom stereocenters. The normalized spacial score (nSPS) is 20.8. The van der Waals surface area contributed by atoms with Gasteiger partial charge in [-0.1, -0.05) is 0 Å². The van der Waals surface area contributed by atoms with Crippen molar-refractivity contribution in [3.63, 3.8) is 0 Å². The minimum atomic E-state index is 0.682. The van der Waals surface area contributed by atoms with E-state index in [9.17, 15) is 0 Å². The second-order valence-electron chi connectivity index (χ2n) is 4.99. The molecule has 2 heterocycles. The van der Waals surface area contributed by atoms with E-state index in [2.05, 4.69) is 24.3 Å². The Morgan fingerprint density at radius 3 is 2.88 bits per heavy atom. The van der Waals surface area contributed by atoms with Crippen molar-refractivity contribution in [2.75, 3.05) is 19.8 Å². The molecule has 0 aliphatic carbocycles. The Kier molecular flexibility index (Phi) is 4.18. The van der Waals surface area contributed by atoms with Crippen molar-refractivity contribution in [1.82, 2.24) is 15.1 Å². The lowest BCUT2D eigenvalue weighted by Gasteiger charge is -2.22. The van der Waals surface area contributed by atoms with E-state index >= 15 is 0 Å². The number of aryl methyl sites for hydroxylation is 2. The Balaban J connectivity index is 1.81. The van der Waals surface area contributed by atoms with Crippen molar-refractivity contribution < 1.29 is 4.74 Å². The highest BCUT2D eigenvalue weighted by atomic mass is 16.5. The molecule has 1 aliphatic rings. The van der Waals surface area contributed by atoms with Crippen molar-refractivity contribution in [2.45, 2.75) is 33.2 Å². The molecule has 0 amide bonds. The summed E-state index contributed by atoms with van der Waals surface area (Å²) in [7, 11) is 2.00. The second kappa shape index (κ2) is 5.65. The fourth-order valence-corrected chi connectivity index (χ4v) is 2.44. The third kappa shape index (κ3) is 3.07. The molecule has 0 radical (unpaired) electrons. The number of hydrogen-bond acceptors (Lipinski definition) is 3. The molecular weight excluding hydrogens is 214 g/mol. The van der Waals surface area contributed by atoms with E-state index in [1.54, 1.807) is 0 Å². The molecule has 1 fully saturated rings. The smallest absolute Gasteiger partial charge is 0.0641 e. The molecular formula is C13H23N3O. The first-order chi connectivity index (χ1) is 8.18. The van der Waals surface area contributed by atoms with E-state index in [1.807, 2.05) is 11.7 Å². The minimum Gasteiger partial charge on any atom is -0.381 e. The average molecular weight is 237 g/mol. The zero-order chi connectivity index (χ0) is 12.3. The topological polar surface area (TPSA) is 39.1 Å². The Labute approximate surface area is 103 Å². The zero-order valence-electron chi connectivity index (χ0n) is 11.1. The maximum Gasteiger partial charge on any atom is 0.0641 e. The van der Waals surface area contributed by atoms with Gasteiger partial charge in [-0.25, -0.2) is 0 Å². The molecule has 1 aromatic rings. The van der Waals surface area contributed by atoms with Crippen LogP contribution in [-0.4, -0.2) is 29.5 Å². The predicted octanol–water partition coefficient (Wildman–Crippen LogP) is 1.55. The lowest BCUT2D eigenvalue weighted by Crippen LogP contribution is -2.29. The van der Waals surface area contributed by atoms with Crippen LogP contribution in [0.4, 0.5) is 0 Å². The summed E-state index contributed by atoms with van der Waals surface area (Å²) in [6.07, 6.45) is 2.50. The Hall–Kier alpha value is -0.870. The van der Waals surface area contributed by atoms with Crippen LogP contribution in [-0.2, 0) is 18.3 Å². The fourth-order valence-electron chi connectivity index (χ4n) is 2.44. The first-order valence-electron chi connectivity index (χ1n) is 6.46. The first kappa shape index (κ1) is 12.6. The van der Waals surface area contributed by atoms with Crippen LogP contribution in [0, 0.1) is 19.8 Å². The van der Waals surface area contributed by atoms with Crippen molar-refractivity contribution in [3.8, 4) is 0 Å². The van der Waals surface area contributed by atoms with Crippen molar-refractivity contribution in [1.29, 1.82) is 0 Å². The number of hydrogen-bond donors (Lipinski definition) is 1. The predicted molar refractivity (Wildman–Crippen MR) is 67.9 cm³/mol. The van der Waals surface area contributed by atoms with Crippen LogP contribution in [0.1, 0.15) is 29.8 Å². The van der Waals surface area contributed by atoms with Crippen LogP contribution in [0.5, 0.6) is 0 Å². The first-order valence-corrected chi connectivity index (χ1v) is 6.46. The van der Waals surface area contributed by atoms with Gasteiger partial charge >= 0.3 is 0 Å². The van der Waals surface area contributed by atoms with Crippen LogP contribution in [0.15, 0.2) is 0 Å². The average Bonchev–Trinajstić information content (AvgIpc) is 2.57. The maximum atomic E-state index is 5.48. The highest BCUT2D eigenvalue weighted by molar-refractivity contribution is 5.23. The Bertz CT molecular complexity index is 367. The Morgan fingerprint density at radius 1 is 1.47 bits per heavy atom. The highest BCUT2D eigenvalue weighted by Crippen LogP contribution is 2.14. The third-order valence-corrected chi connectivity index (χ3v) is 3.65. The van der Waals surface area contributed by atoms with Crippen LogP contribution >= 0.6 is 0 Å². The number of ether oxygens (including phenoxy) is 1. The molecule has 0 saturated carbocycles. The van der Waals surface area contributed by atoms with E-state index < -0.39 is 0 Å². The monoisotopic (exact) mass is 237 g/mol. The third-order valence-electron chi connectivity index (χ3n) is 3.65. The van der Waals surface area contributed by atoms with Gasteiger partial charge < -0.3 is 10.1 Å². The molecule has 0 bridgehead atoms. The zero-order valence-corrected chi connectivity index (χ0v) is 11.1. The number of rotatable bonds is 4. The summed E-state index contributed by atoms with van der Waals surface area (Å²) in [4.78, 5) is 0. The maximum absolute atomic E-state index is 5.48. The van der Waals surface area contributed by atoms with Gasteiger partial charge in [-0.05, 0) is 32.6 Å². The van der Waals surface area contributed by atoms with Crippen LogP contribution in [0.3, 0.4) is 0 Å². The van der Waals surface area contributed by atoms with Crippen LogP contribution in [0.2, 0.25) is 0 Å². The lowest BCUT2D eigenvalue weighted by molar-refractivity contribution is 0.0547. The molecule has 1 atom stereocenters. The summed E-state index contributed by atoms with van der Waals surface area (Å²) in [6.45, 7) is 8.03. The van der Waals surface area contributed by atoms with Gasteiger partial charge in [-0.3, -0.25) is 4.68 Å². The summed E-state index contributed by atoms with van der Waals surface area (Å²) < 4.78 is 7.43. The SMILES string of the molecule is Cc1nn(C)c(C)c1CNC[C@@H]1CCCOC1. The van der Waals surface area contributed by atoms with E-state index in [0.29, 0.717) is 5.92 Å². The van der Waals surface area contributed by atoms with Gasteiger partial charge in [0.2, 0.25) is 0 Å². The number of nitrogens with zero attached hydrogens (tertiary/aromatic N) is 2. The molecule has 1 saturated heterocycles. The lowest BCUT2D eigenvalue weighted by atomic mass is 10.0. The van der Waals surface area contributed by atoms with Crippen molar-refractivity contribution in [3.05, 3.63) is 17.0 Å². The summed E-state index contributed by atoms with van der Waals surface area (Å²) in [5, 5.41) is 7.96. The molecule has 4 heteroatoms. The van der Waals surface area contributed by atoms with E-state index in [4.69, 9.17) is 4.74 Å². The van der Waals surface area contributed by atoms with Crippen molar-refractivity contribution >= 4 is 0 Å². The molecule has 17 heavy (non-hydrogen) atoms. The van der Waals surface area contributed by atoms with Gasteiger partial charge in [0.1, 0.15) is 0 Å².